The quantitative estimate of drug-likeness (QED) is 0.326. The van der Waals surface area contributed by atoms with Crippen molar-refractivity contribution < 1.29 is 19.9 Å². The number of carbonyl (C=O) groups excluding carboxylic acids is 2. The Morgan fingerprint density at radius 1 is 1.35 bits per heavy atom. The van der Waals surface area contributed by atoms with Gasteiger partial charge in [-0.25, -0.2) is 5.06 Å². The van der Waals surface area contributed by atoms with Crippen molar-refractivity contribution in [3.63, 3.8) is 0 Å². The van der Waals surface area contributed by atoms with Crippen LogP contribution in [0.4, 0.5) is 0 Å². The molecule has 23 heavy (non-hydrogen) atoms. The molecule has 2 unspecified atom stereocenters. The summed E-state index contributed by atoms with van der Waals surface area (Å²) >= 11 is 0. The minimum atomic E-state index is -0.491. The Kier molecular flexibility index (Phi) is 8.94. The SMILES string of the molecule is CCCCC(CN(O)C=O)C(=O)NC(CO)Cc1ccccc1. The van der Waals surface area contributed by atoms with Crippen LogP contribution in [0.5, 0.6) is 0 Å². The zero-order chi connectivity index (χ0) is 17.1. The van der Waals surface area contributed by atoms with Crippen LogP contribution in [0.15, 0.2) is 30.3 Å². The lowest BCUT2D eigenvalue weighted by atomic mass is 9.99. The lowest BCUT2D eigenvalue weighted by Gasteiger charge is -2.23. The molecule has 0 spiro atoms. The van der Waals surface area contributed by atoms with Gasteiger partial charge >= 0.3 is 0 Å². The second-order valence-electron chi connectivity index (χ2n) is 5.64. The Morgan fingerprint density at radius 3 is 2.61 bits per heavy atom. The molecule has 1 aromatic carbocycles. The van der Waals surface area contributed by atoms with Crippen LogP contribution in [0, 0.1) is 5.92 Å². The largest absolute Gasteiger partial charge is 0.394 e. The van der Waals surface area contributed by atoms with Crippen LogP contribution in [0.25, 0.3) is 0 Å². The first kappa shape index (κ1) is 19.1. The van der Waals surface area contributed by atoms with Gasteiger partial charge in [-0.15, -0.1) is 0 Å². The predicted octanol–water partition coefficient (Wildman–Crippen LogP) is 1.36. The molecular formula is C17H26N2O4. The summed E-state index contributed by atoms with van der Waals surface area (Å²) in [6, 6.07) is 9.20. The van der Waals surface area contributed by atoms with Gasteiger partial charge in [0.15, 0.2) is 0 Å². The third-order valence-electron chi connectivity index (χ3n) is 3.70. The number of amides is 2. The van der Waals surface area contributed by atoms with E-state index >= 15 is 0 Å². The van der Waals surface area contributed by atoms with E-state index in [1.54, 1.807) is 0 Å². The van der Waals surface area contributed by atoms with E-state index < -0.39 is 12.0 Å². The molecule has 3 N–H and O–H groups in total. The first-order valence-corrected chi connectivity index (χ1v) is 7.96. The molecule has 6 heteroatoms. The van der Waals surface area contributed by atoms with Gasteiger partial charge in [-0.2, -0.15) is 0 Å². The smallest absolute Gasteiger partial charge is 0.233 e. The summed E-state index contributed by atoms with van der Waals surface area (Å²) in [5, 5.41) is 22.1. The second kappa shape index (κ2) is 10.7. The third-order valence-corrected chi connectivity index (χ3v) is 3.70. The zero-order valence-electron chi connectivity index (χ0n) is 13.5. The summed E-state index contributed by atoms with van der Waals surface area (Å²) < 4.78 is 0. The summed E-state index contributed by atoms with van der Waals surface area (Å²) in [5.74, 6) is -0.746. The van der Waals surface area contributed by atoms with Crippen LogP contribution >= 0.6 is 0 Å². The van der Waals surface area contributed by atoms with E-state index in [4.69, 9.17) is 0 Å². The molecule has 1 aromatic rings. The summed E-state index contributed by atoms with van der Waals surface area (Å²) in [4.78, 5) is 22.9. The van der Waals surface area contributed by atoms with Gasteiger partial charge in [0.1, 0.15) is 0 Å². The topological polar surface area (TPSA) is 89.9 Å². The molecule has 0 aromatic heterocycles. The fourth-order valence-corrected chi connectivity index (χ4v) is 2.40. The fourth-order valence-electron chi connectivity index (χ4n) is 2.40. The number of benzene rings is 1. The van der Waals surface area contributed by atoms with Crippen LogP contribution in [-0.2, 0) is 16.0 Å². The van der Waals surface area contributed by atoms with Crippen molar-refractivity contribution in [2.75, 3.05) is 13.2 Å². The molecule has 0 saturated carbocycles. The van der Waals surface area contributed by atoms with E-state index in [1.807, 2.05) is 37.3 Å². The number of unbranched alkanes of at least 4 members (excludes halogenated alkanes) is 1. The van der Waals surface area contributed by atoms with Crippen molar-refractivity contribution in [1.29, 1.82) is 0 Å². The highest BCUT2D eigenvalue weighted by atomic mass is 16.5. The van der Waals surface area contributed by atoms with Crippen LogP contribution in [0.2, 0.25) is 0 Å². The number of carbonyl (C=O) groups is 2. The maximum absolute atomic E-state index is 12.4. The number of nitrogens with one attached hydrogen (secondary N) is 1. The summed E-state index contributed by atoms with van der Waals surface area (Å²) in [5.41, 5.74) is 1.02. The molecule has 0 radical (unpaired) electrons. The number of hydrogen-bond donors (Lipinski definition) is 3. The van der Waals surface area contributed by atoms with Gasteiger partial charge in [-0.05, 0) is 18.4 Å². The van der Waals surface area contributed by atoms with E-state index in [0.29, 0.717) is 24.3 Å². The molecule has 2 atom stereocenters. The van der Waals surface area contributed by atoms with E-state index in [-0.39, 0.29) is 19.1 Å². The Balaban J connectivity index is 2.63. The van der Waals surface area contributed by atoms with Crippen LogP contribution < -0.4 is 5.32 Å². The number of aliphatic hydroxyl groups is 1. The highest BCUT2D eigenvalue weighted by Gasteiger charge is 2.23. The normalized spacial score (nSPS) is 13.2. The highest BCUT2D eigenvalue weighted by Crippen LogP contribution is 2.11. The molecule has 0 heterocycles. The van der Waals surface area contributed by atoms with Crippen molar-refractivity contribution in [1.82, 2.24) is 10.4 Å². The lowest BCUT2D eigenvalue weighted by molar-refractivity contribution is -0.154. The van der Waals surface area contributed by atoms with Gasteiger partial charge in [0.25, 0.3) is 0 Å². The molecular weight excluding hydrogens is 296 g/mol. The summed E-state index contributed by atoms with van der Waals surface area (Å²) in [6.07, 6.45) is 3.15. The number of rotatable bonds is 11. The maximum Gasteiger partial charge on any atom is 0.233 e. The molecule has 1 rings (SSSR count). The third kappa shape index (κ3) is 7.25. The number of aliphatic hydroxyl groups excluding tert-OH is 1. The minimum absolute atomic E-state index is 0.0428. The average molecular weight is 322 g/mol. The Morgan fingerprint density at radius 2 is 2.04 bits per heavy atom. The standard InChI is InChI=1S/C17H26N2O4/c1-2-3-9-15(11-19(23)13-21)17(22)18-16(12-20)10-14-7-5-4-6-8-14/h4-8,13,15-16,20,23H,2-3,9-12H2,1H3,(H,18,22). The zero-order valence-corrected chi connectivity index (χ0v) is 13.5. The monoisotopic (exact) mass is 322 g/mol. The van der Waals surface area contributed by atoms with Crippen LogP contribution in [0.1, 0.15) is 31.7 Å². The Hall–Kier alpha value is -1.92. The van der Waals surface area contributed by atoms with E-state index in [1.165, 1.54) is 0 Å². The van der Waals surface area contributed by atoms with Crippen molar-refractivity contribution in [3.8, 4) is 0 Å². The minimum Gasteiger partial charge on any atom is -0.394 e. The summed E-state index contributed by atoms with van der Waals surface area (Å²) in [7, 11) is 0. The molecule has 128 valence electrons. The van der Waals surface area contributed by atoms with Gasteiger partial charge in [0.05, 0.1) is 25.1 Å². The van der Waals surface area contributed by atoms with Gasteiger partial charge in [0, 0.05) is 0 Å². The van der Waals surface area contributed by atoms with E-state index in [2.05, 4.69) is 5.32 Å². The van der Waals surface area contributed by atoms with Crippen molar-refractivity contribution in [2.24, 2.45) is 5.92 Å². The predicted molar refractivity (Wildman–Crippen MR) is 86.7 cm³/mol. The second-order valence-corrected chi connectivity index (χ2v) is 5.64. The Bertz CT molecular complexity index is 467. The fraction of sp³-hybridized carbons (Fsp3) is 0.529. The molecule has 2 amide bonds. The van der Waals surface area contributed by atoms with Crippen LogP contribution in [-0.4, -0.2) is 46.9 Å². The Labute approximate surface area is 137 Å². The van der Waals surface area contributed by atoms with Crippen molar-refractivity contribution >= 4 is 12.3 Å². The van der Waals surface area contributed by atoms with Gasteiger partial charge < -0.3 is 10.4 Å². The molecule has 0 bridgehead atoms. The van der Waals surface area contributed by atoms with Gasteiger partial charge in [-0.3, -0.25) is 14.8 Å². The number of hydroxylamine groups is 2. The molecule has 6 nitrogen and oxygen atoms in total. The molecule has 0 aliphatic carbocycles. The summed E-state index contributed by atoms with van der Waals surface area (Å²) in [6.45, 7) is 1.80. The molecule has 0 aliphatic heterocycles. The first-order valence-electron chi connectivity index (χ1n) is 7.96. The molecule has 0 saturated heterocycles. The van der Waals surface area contributed by atoms with E-state index in [0.717, 1.165) is 18.4 Å². The highest BCUT2D eigenvalue weighted by molar-refractivity contribution is 5.79. The number of nitrogens with zero attached hydrogens (tertiary/aromatic N) is 1. The van der Waals surface area contributed by atoms with E-state index in [9.17, 15) is 19.9 Å². The molecule has 0 aliphatic rings. The number of hydrogen-bond acceptors (Lipinski definition) is 4. The molecule has 0 fully saturated rings. The average Bonchev–Trinajstić information content (AvgIpc) is 2.58. The van der Waals surface area contributed by atoms with Crippen molar-refractivity contribution in [2.45, 2.75) is 38.6 Å². The van der Waals surface area contributed by atoms with Crippen LogP contribution in [0.3, 0.4) is 0 Å². The first-order chi connectivity index (χ1) is 11.1. The lowest BCUT2D eigenvalue weighted by Crippen LogP contribution is -2.45. The van der Waals surface area contributed by atoms with Gasteiger partial charge in [0.2, 0.25) is 12.3 Å². The van der Waals surface area contributed by atoms with Crippen molar-refractivity contribution in [3.05, 3.63) is 35.9 Å². The maximum atomic E-state index is 12.4. The van der Waals surface area contributed by atoms with Gasteiger partial charge in [-0.1, -0.05) is 50.1 Å².